The summed E-state index contributed by atoms with van der Waals surface area (Å²) in [4.78, 5) is 8.56. The van der Waals surface area contributed by atoms with Gasteiger partial charge in [-0.2, -0.15) is 0 Å². The summed E-state index contributed by atoms with van der Waals surface area (Å²) in [7, 11) is 1.55. The highest BCUT2D eigenvalue weighted by molar-refractivity contribution is 6.31. The maximum absolute atomic E-state index is 6.25. The maximum atomic E-state index is 6.25. The SMILES string of the molecule is COc1ccccc1Oc1c(N)nc(Cc2cccc(Cl)c2)nc1Cl. The van der Waals surface area contributed by atoms with Crippen LogP contribution in [0.4, 0.5) is 5.82 Å². The number of para-hydroxylation sites is 2. The van der Waals surface area contributed by atoms with Gasteiger partial charge in [0.25, 0.3) is 0 Å². The molecule has 0 aliphatic heterocycles. The Labute approximate surface area is 155 Å². The van der Waals surface area contributed by atoms with E-state index in [1.807, 2.05) is 30.3 Å². The number of aromatic nitrogens is 2. The zero-order valence-electron chi connectivity index (χ0n) is 13.4. The second-order valence-electron chi connectivity index (χ2n) is 5.20. The number of methoxy groups -OCH3 is 1. The quantitative estimate of drug-likeness (QED) is 0.651. The molecule has 0 saturated carbocycles. The molecule has 3 aromatic rings. The largest absolute Gasteiger partial charge is 0.493 e. The van der Waals surface area contributed by atoms with Gasteiger partial charge in [-0.1, -0.05) is 47.5 Å². The molecular weight excluding hydrogens is 361 g/mol. The van der Waals surface area contributed by atoms with Crippen molar-refractivity contribution in [2.75, 3.05) is 12.8 Å². The number of anilines is 1. The topological polar surface area (TPSA) is 70.3 Å². The number of hydrogen-bond acceptors (Lipinski definition) is 5. The summed E-state index contributed by atoms with van der Waals surface area (Å²) in [5.41, 5.74) is 6.98. The zero-order chi connectivity index (χ0) is 17.8. The van der Waals surface area contributed by atoms with Crippen LogP contribution in [0.25, 0.3) is 0 Å². The first-order chi connectivity index (χ1) is 12.1. The molecule has 1 aromatic heterocycles. The predicted molar refractivity (Wildman–Crippen MR) is 98.8 cm³/mol. The average Bonchev–Trinajstić information content (AvgIpc) is 2.58. The summed E-state index contributed by atoms with van der Waals surface area (Å²) < 4.78 is 11.0. The van der Waals surface area contributed by atoms with E-state index in [0.717, 1.165) is 5.56 Å². The predicted octanol–water partition coefficient (Wildman–Crippen LogP) is 4.76. The summed E-state index contributed by atoms with van der Waals surface area (Å²) in [6.07, 6.45) is 0.458. The summed E-state index contributed by atoms with van der Waals surface area (Å²) >= 11 is 12.2. The van der Waals surface area contributed by atoms with Gasteiger partial charge in [0.05, 0.1) is 7.11 Å². The van der Waals surface area contributed by atoms with Crippen LogP contribution in [0.1, 0.15) is 11.4 Å². The third kappa shape index (κ3) is 4.13. The van der Waals surface area contributed by atoms with Crippen molar-refractivity contribution in [3.8, 4) is 17.2 Å². The Kier molecular flexibility index (Phi) is 5.26. The van der Waals surface area contributed by atoms with Crippen LogP contribution in [0.5, 0.6) is 17.2 Å². The van der Waals surface area contributed by atoms with Gasteiger partial charge in [-0.05, 0) is 29.8 Å². The van der Waals surface area contributed by atoms with Gasteiger partial charge in [0.1, 0.15) is 5.82 Å². The van der Waals surface area contributed by atoms with E-state index in [0.29, 0.717) is 28.8 Å². The Morgan fingerprint density at radius 2 is 1.76 bits per heavy atom. The minimum absolute atomic E-state index is 0.135. The summed E-state index contributed by atoms with van der Waals surface area (Å²) in [5.74, 6) is 1.87. The van der Waals surface area contributed by atoms with Gasteiger partial charge < -0.3 is 15.2 Å². The van der Waals surface area contributed by atoms with Crippen LogP contribution >= 0.6 is 23.2 Å². The first-order valence-corrected chi connectivity index (χ1v) is 8.19. The van der Waals surface area contributed by atoms with Crippen molar-refractivity contribution >= 4 is 29.0 Å². The van der Waals surface area contributed by atoms with Crippen LogP contribution in [-0.2, 0) is 6.42 Å². The van der Waals surface area contributed by atoms with E-state index in [1.54, 1.807) is 25.3 Å². The number of ether oxygens (including phenoxy) is 2. The van der Waals surface area contributed by atoms with Gasteiger partial charge in [0.15, 0.2) is 22.5 Å². The van der Waals surface area contributed by atoms with E-state index in [4.69, 9.17) is 38.4 Å². The van der Waals surface area contributed by atoms with E-state index < -0.39 is 0 Å². The maximum Gasteiger partial charge on any atom is 0.206 e. The molecule has 128 valence electrons. The number of nitrogen functional groups attached to an aromatic ring is 1. The minimum Gasteiger partial charge on any atom is -0.493 e. The standard InChI is InChI=1S/C18H15Cl2N3O2/c1-24-13-7-2-3-8-14(13)25-16-17(20)22-15(23-18(16)21)10-11-5-4-6-12(19)9-11/h2-9H,10H2,1H3,(H2,21,22,23). The van der Waals surface area contributed by atoms with Gasteiger partial charge in [-0.25, -0.2) is 9.97 Å². The molecule has 0 aliphatic rings. The van der Waals surface area contributed by atoms with Gasteiger partial charge in [0.2, 0.25) is 5.75 Å². The number of nitrogens with two attached hydrogens (primary N) is 1. The van der Waals surface area contributed by atoms with Crippen LogP contribution in [0.15, 0.2) is 48.5 Å². The molecule has 0 amide bonds. The van der Waals surface area contributed by atoms with Crippen molar-refractivity contribution in [3.63, 3.8) is 0 Å². The Morgan fingerprint density at radius 1 is 1.00 bits per heavy atom. The Balaban J connectivity index is 1.87. The normalized spacial score (nSPS) is 10.5. The lowest BCUT2D eigenvalue weighted by Gasteiger charge is -2.13. The van der Waals surface area contributed by atoms with Crippen molar-refractivity contribution in [1.29, 1.82) is 0 Å². The van der Waals surface area contributed by atoms with Crippen molar-refractivity contribution in [3.05, 3.63) is 70.1 Å². The van der Waals surface area contributed by atoms with Gasteiger partial charge in [0, 0.05) is 11.4 Å². The van der Waals surface area contributed by atoms with Crippen LogP contribution < -0.4 is 15.2 Å². The third-order valence-electron chi connectivity index (χ3n) is 3.43. The number of nitrogens with zero attached hydrogens (tertiary/aromatic N) is 2. The minimum atomic E-state index is 0.135. The van der Waals surface area contributed by atoms with E-state index in [1.165, 1.54) is 0 Å². The fraction of sp³-hybridized carbons (Fsp3) is 0.111. The molecule has 0 unspecified atom stereocenters. The second-order valence-corrected chi connectivity index (χ2v) is 6.00. The van der Waals surface area contributed by atoms with E-state index in [9.17, 15) is 0 Å². The molecule has 2 aromatic carbocycles. The van der Waals surface area contributed by atoms with Crippen LogP contribution in [0.2, 0.25) is 10.2 Å². The van der Waals surface area contributed by atoms with Crippen LogP contribution in [0, 0.1) is 0 Å². The lowest BCUT2D eigenvalue weighted by Crippen LogP contribution is -2.04. The highest BCUT2D eigenvalue weighted by Gasteiger charge is 2.15. The highest BCUT2D eigenvalue weighted by atomic mass is 35.5. The molecule has 3 rings (SSSR count). The fourth-order valence-corrected chi connectivity index (χ4v) is 2.75. The number of rotatable bonds is 5. The summed E-state index contributed by atoms with van der Waals surface area (Å²) in [5, 5.41) is 0.781. The molecule has 0 radical (unpaired) electrons. The second kappa shape index (κ2) is 7.59. The van der Waals surface area contributed by atoms with Crippen molar-refractivity contribution in [1.82, 2.24) is 9.97 Å². The molecule has 0 atom stereocenters. The molecule has 0 bridgehead atoms. The molecule has 25 heavy (non-hydrogen) atoms. The van der Waals surface area contributed by atoms with Gasteiger partial charge >= 0.3 is 0 Å². The molecule has 7 heteroatoms. The van der Waals surface area contributed by atoms with E-state index in [2.05, 4.69) is 9.97 Å². The number of benzene rings is 2. The van der Waals surface area contributed by atoms with Crippen LogP contribution in [0.3, 0.4) is 0 Å². The van der Waals surface area contributed by atoms with Crippen molar-refractivity contribution < 1.29 is 9.47 Å². The molecule has 0 spiro atoms. The van der Waals surface area contributed by atoms with E-state index in [-0.39, 0.29) is 16.7 Å². The van der Waals surface area contributed by atoms with E-state index >= 15 is 0 Å². The first kappa shape index (κ1) is 17.3. The molecule has 0 aliphatic carbocycles. The Bertz CT molecular complexity index is 880. The van der Waals surface area contributed by atoms with Gasteiger partial charge in [-0.3, -0.25) is 0 Å². The molecule has 5 nitrogen and oxygen atoms in total. The van der Waals surface area contributed by atoms with Crippen molar-refractivity contribution in [2.45, 2.75) is 6.42 Å². The molecule has 2 N–H and O–H groups in total. The molecule has 1 heterocycles. The zero-order valence-corrected chi connectivity index (χ0v) is 14.9. The first-order valence-electron chi connectivity index (χ1n) is 7.44. The smallest absolute Gasteiger partial charge is 0.206 e. The molecule has 0 saturated heterocycles. The average molecular weight is 376 g/mol. The number of halogens is 2. The lowest BCUT2D eigenvalue weighted by atomic mass is 10.1. The van der Waals surface area contributed by atoms with Gasteiger partial charge in [-0.15, -0.1) is 0 Å². The summed E-state index contributed by atoms with van der Waals surface area (Å²) in [6, 6.07) is 14.6. The van der Waals surface area contributed by atoms with Crippen molar-refractivity contribution in [2.24, 2.45) is 0 Å². The lowest BCUT2D eigenvalue weighted by molar-refractivity contribution is 0.378. The fourth-order valence-electron chi connectivity index (χ4n) is 2.30. The molecular formula is C18H15Cl2N3O2. The highest BCUT2D eigenvalue weighted by Crippen LogP contribution is 2.37. The molecule has 0 fully saturated rings. The third-order valence-corrected chi connectivity index (χ3v) is 3.92. The number of hydrogen-bond donors (Lipinski definition) is 1. The van der Waals surface area contributed by atoms with Crippen LogP contribution in [-0.4, -0.2) is 17.1 Å². The Hall–Kier alpha value is -2.50. The Morgan fingerprint density at radius 3 is 2.44 bits per heavy atom. The monoisotopic (exact) mass is 375 g/mol. The summed E-state index contributed by atoms with van der Waals surface area (Å²) in [6.45, 7) is 0.